The zero-order valence-electron chi connectivity index (χ0n) is 13.5. The molecule has 0 spiro atoms. The van der Waals surface area contributed by atoms with Gasteiger partial charge in [0.15, 0.2) is 0 Å². The highest BCUT2D eigenvalue weighted by molar-refractivity contribution is 6.61. The number of ether oxygens (including phenoxy) is 1. The van der Waals surface area contributed by atoms with Crippen LogP contribution >= 0.6 is 0 Å². The van der Waals surface area contributed by atoms with Crippen LogP contribution < -0.4 is 10.5 Å². The van der Waals surface area contributed by atoms with E-state index in [1.165, 1.54) is 0 Å². The van der Waals surface area contributed by atoms with Crippen molar-refractivity contribution in [1.29, 1.82) is 0 Å². The third-order valence-corrected chi connectivity index (χ3v) is 4.79. The van der Waals surface area contributed by atoms with Crippen LogP contribution in [0.1, 0.15) is 27.7 Å². The highest BCUT2D eigenvalue weighted by Gasteiger charge is 2.52. The lowest BCUT2D eigenvalue weighted by Gasteiger charge is -2.32. The molecule has 2 saturated heterocycles. The van der Waals surface area contributed by atoms with Gasteiger partial charge in [-0.25, -0.2) is 4.98 Å². The summed E-state index contributed by atoms with van der Waals surface area (Å²) < 4.78 is 19.7. The van der Waals surface area contributed by atoms with E-state index in [2.05, 4.69) is 42.1 Å². The molecule has 0 unspecified atom stereocenters. The molecule has 116 valence electrons. The number of hydrogen-bond donors (Lipinski definition) is 0. The maximum absolute atomic E-state index is 6.11. The average Bonchev–Trinajstić information content (AvgIpc) is 2.89. The van der Waals surface area contributed by atoms with Gasteiger partial charge in [0.2, 0.25) is 5.95 Å². The molecule has 0 radical (unpaired) electrons. The second-order valence-electron chi connectivity index (χ2n) is 6.73. The highest BCUT2D eigenvalue weighted by Crippen LogP contribution is 2.36. The quantitative estimate of drug-likeness (QED) is 0.746. The van der Waals surface area contributed by atoms with Crippen LogP contribution in [0.4, 0.5) is 5.95 Å². The predicted octanol–water partition coefficient (Wildman–Crippen LogP) is 0.556. The first-order valence-electron chi connectivity index (χ1n) is 7.52. The second kappa shape index (κ2) is 5.00. The molecule has 2 fully saturated rings. The van der Waals surface area contributed by atoms with Crippen LogP contribution in [0, 0.1) is 0 Å². The fraction of sp³-hybridized carbons (Fsp3) is 0.786. The molecule has 21 heavy (non-hydrogen) atoms. The Morgan fingerprint density at radius 2 is 1.67 bits per heavy atom. The molecule has 0 amide bonds. The molecule has 1 aromatic rings. The van der Waals surface area contributed by atoms with Crippen LogP contribution in [-0.4, -0.2) is 54.2 Å². The Kier molecular flexibility index (Phi) is 3.54. The van der Waals surface area contributed by atoms with Gasteiger partial charge >= 0.3 is 7.12 Å². The molecule has 0 atom stereocenters. The minimum absolute atomic E-state index is 0.332. The number of morpholine rings is 1. The fourth-order valence-corrected chi connectivity index (χ4v) is 2.65. The van der Waals surface area contributed by atoms with E-state index in [1.54, 1.807) is 0 Å². The van der Waals surface area contributed by atoms with Gasteiger partial charge < -0.3 is 23.5 Å². The van der Waals surface area contributed by atoms with Gasteiger partial charge in [0.25, 0.3) is 0 Å². The molecule has 0 aromatic carbocycles. The van der Waals surface area contributed by atoms with Crippen LogP contribution in [0.25, 0.3) is 0 Å². The van der Waals surface area contributed by atoms with E-state index in [0.717, 1.165) is 37.8 Å². The Morgan fingerprint density at radius 3 is 2.24 bits per heavy atom. The van der Waals surface area contributed by atoms with E-state index in [1.807, 2.05) is 13.2 Å². The van der Waals surface area contributed by atoms with Crippen LogP contribution in [0.5, 0.6) is 0 Å². The molecular formula is C14H24BN3O3. The summed E-state index contributed by atoms with van der Waals surface area (Å²) in [4.78, 5) is 6.79. The van der Waals surface area contributed by atoms with E-state index >= 15 is 0 Å². The fourth-order valence-electron chi connectivity index (χ4n) is 2.65. The van der Waals surface area contributed by atoms with Crippen molar-refractivity contribution >= 4 is 18.7 Å². The smallest absolute Gasteiger partial charge is 0.398 e. The Balaban J connectivity index is 1.83. The summed E-state index contributed by atoms with van der Waals surface area (Å²) in [5.41, 5.74) is 0.289. The minimum atomic E-state index is -0.373. The van der Waals surface area contributed by atoms with Crippen molar-refractivity contribution < 1.29 is 14.0 Å². The van der Waals surface area contributed by atoms with Gasteiger partial charge in [-0.05, 0) is 27.7 Å². The summed E-state index contributed by atoms with van der Waals surface area (Å²) >= 11 is 0. The predicted molar refractivity (Wildman–Crippen MR) is 82.0 cm³/mol. The SMILES string of the molecule is Cn1c(B2OC(C)(C)C(C)(C)O2)cnc1N1CCOCC1. The van der Waals surface area contributed by atoms with Crippen molar-refractivity contribution in [3.05, 3.63) is 6.20 Å². The summed E-state index contributed by atoms with van der Waals surface area (Å²) in [5.74, 6) is 0.947. The lowest BCUT2D eigenvalue weighted by atomic mass is 9.85. The first-order valence-corrected chi connectivity index (χ1v) is 7.52. The molecule has 0 saturated carbocycles. The van der Waals surface area contributed by atoms with Crippen LogP contribution in [0.2, 0.25) is 0 Å². The number of hydrogen-bond acceptors (Lipinski definition) is 5. The monoisotopic (exact) mass is 293 g/mol. The topological polar surface area (TPSA) is 48.8 Å². The Morgan fingerprint density at radius 1 is 1.10 bits per heavy atom. The summed E-state index contributed by atoms with van der Waals surface area (Å²) in [5, 5.41) is 0. The molecule has 0 bridgehead atoms. The lowest BCUT2D eigenvalue weighted by molar-refractivity contribution is 0.00578. The molecule has 1 aromatic heterocycles. The third-order valence-electron chi connectivity index (χ3n) is 4.79. The number of aromatic nitrogens is 2. The van der Waals surface area contributed by atoms with Crippen molar-refractivity contribution in [2.24, 2.45) is 7.05 Å². The van der Waals surface area contributed by atoms with Gasteiger partial charge in [-0.1, -0.05) is 0 Å². The molecule has 2 aliphatic rings. The minimum Gasteiger partial charge on any atom is -0.398 e. The summed E-state index contributed by atoms with van der Waals surface area (Å²) in [7, 11) is 1.64. The lowest BCUT2D eigenvalue weighted by Crippen LogP contribution is -2.41. The van der Waals surface area contributed by atoms with Crippen molar-refractivity contribution in [2.75, 3.05) is 31.2 Å². The van der Waals surface area contributed by atoms with Gasteiger partial charge in [-0.2, -0.15) is 0 Å². The van der Waals surface area contributed by atoms with Gasteiger partial charge in [-0.3, -0.25) is 0 Å². The first-order chi connectivity index (χ1) is 9.82. The van der Waals surface area contributed by atoms with E-state index in [9.17, 15) is 0 Å². The zero-order valence-corrected chi connectivity index (χ0v) is 13.5. The van der Waals surface area contributed by atoms with E-state index in [0.29, 0.717) is 0 Å². The van der Waals surface area contributed by atoms with Crippen molar-refractivity contribution in [1.82, 2.24) is 9.55 Å². The van der Waals surface area contributed by atoms with Gasteiger partial charge in [0.05, 0.1) is 30.0 Å². The van der Waals surface area contributed by atoms with Crippen molar-refractivity contribution in [3.8, 4) is 0 Å². The molecule has 0 N–H and O–H groups in total. The number of rotatable bonds is 2. The maximum Gasteiger partial charge on any atom is 0.514 e. The summed E-state index contributed by atoms with van der Waals surface area (Å²) in [6.45, 7) is 11.5. The van der Waals surface area contributed by atoms with E-state index < -0.39 is 0 Å². The summed E-state index contributed by atoms with van der Waals surface area (Å²) in [6, 6.07) is 0. The molecule has 2 aliphatic heterocycles. The molecule has 7 heteroatoms. The molecular weight excluding hydrogens is 269 g/mol. The van der Waals surface area contributed by atoms with Gasteiger partial charge in [-0.15, -0.1) is 0 Å². The number of anilines is 1. The van der Waals surface area contributed by atoms with Crippen molar-refractivity contribution in [3.63, 3.8) is 0 Å². The summed E-state index contributed by atoms with van der Waals surface area (Å²) in [6.07, 6.45) is 1.85. The van der Waals surface area contributed by atoms with Crippen LogP contribution in [0.15, 0.2) is 6.20 Å². The molecule has 0 aliphatic carbocycles. The molecule has 3 rings (SSSR count). The average molecular weight is 293 g/mol. The molecule has 3 heterocycles. The Hall–Kier alpha value is -1.05. The third kappa shape index (κ3) is 2.47. The van der Waals surface area contributed by atoms with Crippen molar-refractivity contribution in [2.45, 2.75) is 38.9 Å². The standard InChI is InChI=1S/C14H24BN3O3/c1-13(2)14(3,4)21-15(20-13)11-10-16-12(17(11)5)18-6-8-19-9-7-18/h10H,6-9H2,1-5H3. The zero-order chi connectivity index (χ0) is 15.3. The largest absolute Gasteiger partial charge is 0.514 e. The Bertz CT molecular complexity index is 508. The van der Waals surface area contributed by atoms with Crippen LogP contribution in [-0.2, 0) is 21.1 Å². The van der Waals surface area contributed by atoms with Gasteiger partial charge in [0, 0.05) is 26.3 Å². The maximum atomic E-state index is 6.11. The highest BCUT2D eigenvalue weighted by atomic mass is 16.7. The van der Waals surface area contributed by atoms with Gasteiger partial charge in [0.1, 0.15) is 0 Å². The van der Waals surface area contributed by atoms with Crippen LogP contribution in [0.3, 0.4) is 0 Å². The normalized spacial score (nSPS) is 24.6. The van der Waals surface area contributed by atoms with E-state index in [-0.39, 0.29) is 18.3 Å². The first kappa shape index (κ1) is 14.9. The Labute approximate surface area is 126 Å². The number of nitrogens with zero attached hydrogens (tertiary/aromatic N) is 3. The van der Waals surface area contributed by atoms with E-state index in [4.69, 9.17) is 14.0 Å². The number of imidazole rings is 1. The second-order valence-corrected chi connectivity index (χ2v) is 6.73. The molecule has 6 nitrogen and oxygen atoms in total.